The molecule has 1 aliphatic heterocycles. The average molecular weight is 362 g/mol. The van der Waals surface area contributed by atoms with E-state index in [0.29, 0.717) is 33.6 Å². The molecule has 0 bridgehead atoms. The molecule has 0 radical (unpaired) electrons. The zero-order valence-electron chi connectivity index (χ0n) is 14.7. The van der Waals surface area contributed by atoms with E-state index in [0.717, 1.165) is 0 Å². The van der Waals surface area contributed by atoms with E-state index in [1.54, 1.807) is 38.1 Å². The summed E-state index contributed by atoms with van der Waals surface area (Å²) in [4.78, 5) is 12.6. The highest BCUT2D eigenvalue weighted by molar-refractivity contribution is 5.93. The Bertz CT molecular complexity index is 1230. The number of benzene rings is 1. The molecule has 0 saturated heterocycles. The van der Waals surface area contributed by atoms with Crippen LogP contribution in [0.2, 0.25) is 0 Å². The molecule has 5 nitrogen and oxygen atoms in total. The van der Waals surface area contributed by atoms with Crippen LogP contribution in [-0.4, -0.2) is 0 Å². The van der Waals surface area contributed by atoms with Gasteiger partial charge in [-0.05, 0) is 26.0 Å². The molecule has 2 N–H and O–H groups in total. The minimum absolute atomic E-state index is 0.0947. The topological polar surface area (TPSA) is 89.2 Å². The van der Waals surface area contributed by atoms with Gasteiger partial charge in [0.2, 0.25) is 5.88 Å². The Balaban J connectivity index is 2.17. The number of ether oxygens (including phenoxy) is 1. The summed E-state index contributed by atoms with van der Waals surface area (Å²) in [5, 5.41) is 10.5. The van der Waals surface area contributed by atoms with Gasteiger partial charge in [0.05, 0.1) is 16.7 Å². The van der Waals surface area contributed by atoms with Gasteiger partial charge in [0.15, 0.2) is 5.43 Å². The molecule has 27 heavy (non-hydrogen) atoms. The summed E-state index contributed by atoms with van der Waals surface area (Å²) < 4.78 is 26.0. The van der Waals surface area contributed by atoms with Gasteiger partial charge in [0.25, 0.3) is 0 Å². The Hall–Kier alpha value is -3.59. The van der Waals surface area contributed by atoms with Gasteiger partial charge in [0, 0.05) is 11.1 Å². The van der Waals surface area contributed by atoms with Gasteiger partial charge in [-0.1, -0.05) is 24.3 Å². The standard InChI is InChI=1S/C21H15FN2O3/c1-10-17-16(25)8-7-13-19(12-5-3-4-6-15(12)22)14(9-23)21(24)27-20(13)18(17)11(2)26-10/h3-8,19H,24H2,1-2H3. The van der Waals surface area contributed by atoms with Crippen LogP contribution >= 0.6 is 0 Å². The van der Waals surface area contributed by atoms with Gasteiger partial charge in [-0.15, -0.1) is 0 Å². The molecule has 0 aliphatic carbocycles. The SMILES string of the molecule is Cc1oc(C)c2c(=O)ccc3c(c12)OC(N)=C(C#N)C3c1ccccc1F. The zero-order chi connectivity index (χ0) is 19.3. The van der Waals surface area contributed by atoms with Crippen molar-refractivity contribution in [1.29, 1.82) is 5.26 Å². The van der Waals surface area contributed by atoms with Crippen LogP contribution in [0.25, 0.3) is 10.8 Å². The number of allylic oxidation sites excluding steroid dienone is 1. The number of furan rings is 1. The Kier molecular flexibility index (Phi) is 3.74. The van der Waals surface area contributed by atoms with Crippen molar-refractivity contribution in [2.45, 2.75) is 19.8 Å². The van der Waals surface area contributed by atoms with Gasteiger partial charge in [-0.25, -0.2) is 4.39 Å². The van der Waals surface area contributed by atoms with E-state index in [9.17, 15) is 14.4 Å². The van der Waals surface area contributed by atoms with Crippen molar-refractivity contribution in [2.75, 3.05) is 0 Å². The molecule has 6 heteroatoms. The lowest BCUT2D eigenvalue weighted by atomic mass is 9.83. The lowest BCUT2D eigenvalue weighted by Crippen LogP contribution is -2.21. The number of rotatable bonds is 1. The summed E-state index contributed by atoms with van der Waals surface area (Å²) >= 11 is 0. The maximum Gasteiger partial charge on any atom is 0.205 e. The largest absolute Gasteiger partial charge is 0.465 e. The molecule has 1 aliphatic rings. The summed E-state index contributed by atoms with van der Waals surface area (Å²) in [7, 11) is 0. The van der Waals surface area contributed by atoms with Crippen molar-refractivity contribution >= 4 is 10.8 Å². The predicted molar refractivity (Wildman–Crippen MR) is 97.7 cm³/mol. The smallest absolute Gasteiger partial charge is 0.205 e. The first-order chi connectivity index (χ1) is 12.9. The van der Waals surface area contributed by atoms with Crippen LogP contribution < -0.4 is 15.9 Å². The number of aryl methyl sites for hydroxylation is 2. The number of nitrogens with two attached hydrogens (primary N) is 1. The van der Waals surface area contributed by atoms with Crippen LogP contribution in [0.1, 0.15) is 28.6 Å². The number of hydrogen-bond acceptors (Lipinski definition) is 5. The van der Waals surface area contributed by atoms with E-state index in [2.05, 4.69) is 0 Å². The van der Waals surface area contributed by atoms with Gasteiger partial charge in [0.1, 0.15) is 34.7 Å². The summed E-state index contributed by atoms with van der Waals surface area (Å²) in [6.07, 6.45) is 0. The molecule has 3 aromatic rings. The zero-order valence-corrected chi connectivity index (χ0v) is 14.7. The number of hydrogen-bond donors (Lipinski definition) is 1. The highest BCUT2D eigenvalue weighted by Crippen LogP contribution is 2.46. The molecule has 1 atom stereocenters. The quantitative estimate of drug-likeness (QED) is 0.712. The Morgan fingerprint density at radius 1 is 1.07 bits per heavy atom. The minimum Gasteiger partial charge on any atom is -0.465 e. The molecule has 1 unspecified atom stereocenters. The van der Waals surface area contributed by atoms with E-state index in [1.807, 2.05) is 6.07 Å². The van der Waals surface area contributed by atoms with Gasteiger partial charge in [-0.3, -0.25) is 4.79 Å². The third-order valence-corrected chi connectivity index (χ3v) is 4.82. The number of fused-ring (bicyclic) bond motifs is 3. The highest BCUT2D eigenvalue weighted by atomic mass is 19.1. The highest BCUT2D eigenvalue weighted by Gasteiger charge is 2.34. The van der Waals surface area contributed by atoms with E-state index < -0.39 is 11.7 Å². The lowest BCUT2D eigenvalue weighted by molar-refractivity contribution is 0.396. The van der Waals surface area contributed by atoms with Gasteiger partial charge >= 0.3 is 0 Å². The van der Waals surface area contributed by atoms with E-state index in [4.69, 9.17) is 14.9 Å². The van der Waals surface area contributed by atoms with Crippen LogP contribution in [-0.2, 0) is 0 Å². The first kappa shape index (κ1) is 16.9. The molecular formula is C21H15FN2O3. The van der Waals surface area contributed by atoms with Crippen LogP contribution in [0, 0.1) is 31.0 Å². The van der Waals surface area contributed by atoms with E-state index in [-0.39, 0.29) is 22.4 Å². The third-order valence-electron chi connectivity index (χ3n) is 4.82. The molecule has 0 fully saturated rings. The maximum absolute atomic E-state index is 14.6. The Morgan fingerprint density at radius 2 is 1.78 bits per heavy atom. The molecule has 2 aromatic carbocycles. The molecule has 0 spiro atoms. The van der Waals surface area contributed by atoms with Crippen molar-refractivity contribution in [1.82, 2.24) is 0 Å². The number of nitrogens with zero attached hydrogens (tertiary/aromatic N) is 1. The Morgan fingerprint density at radius 3 is 2.48 bits per heavy atom. The van der Waals surface area contributed by atoms with Crippen LogP contribution in [0.3, 0.4) is 0 Å². The number of nitriles is 1. The van der Waals surface area contributed by atoms with Gasteiger partial charge < -0.3 is 14.9 Å². The molecular weight excluding hydrogens is 347 g/mol. The summed E-state index contributed by atoms with van der Waals surface area (Å²) in [5.41, 5.74) is 6.63. The molecule has 2 heterocycles. The van der Waals surface area contributed by atoms with Crippen molar-refractivity contribution in [3.05, 3.63) is 86.5 Å². The lowest BCUT2D eigenvalue weighted by Gasteiger charge is -2.26. The summed E-state index contributed by atoms with van der Waals surface area (Å²) in [5.74, 6) is -0.105. The van der Waals surface area contributed by atoms with Crippen molar-refractivity contribution in [3.63, 3.8) is 0 Å². The minimum atomic E-state index is -0.787. The molecule has 4 rings (SSSR count). The van der Waals surface area contributed by atoms with Crippen LogP contribution in [0.5, 0.6) is 5.75 Å². The van der Waals surface area contributed by atoms with Crippen molar-refractivity contribution in [3.8, 4) is 11.8 Å². The molecule has 1 aromatic heterocycles. The maximum atomic E-state index is 14.6. The molecule has 134 valence electrons. The van der Waals surface area contributed by atoms with Crippen LogP contribution in [0.15, 0.2) is 57.1 Å². The van der Waals surface area contributed by atoms with Gasteiger partial charge in [-0.2, -0.15) is 5.26 Å². The molecule has 0 amide bonds. The fourth-order valence-corrected chi connectivity index (χ4v) is 3.67. The first-order valence-electron chi connectivity index (χ1n) is 8.33. The fraction of sp³-hybridized carbons (Fsp3) is 0.143. The fourth-order valence-electron chi connectivity index (χ4n) is 3.67. The number of halogens is 1. The first-order valence-corrected chi connectivity index (χ1v) is 8.33. The Labute approximate surface area is 154 Å². The second-order valence-corrected chi connectivity index (χ2v) is 6.39. The van der Waals surface area contributed by atoms with E-state index >= 15 is 0 Å². The predicted octanol–water partition coefficient (Wildman–Crippen LogP) is 3.77. The summed E-state index contributed by atoms with van der Waals surface area (Å²) in [6.45, 7) is 3.41. The second-order valence-electron chi connectivity index (χ2n) is 6.39. The van der Waals surface area contributed by atoms with Crippen molar-refractivity contribution in [2.24, 2.45) is 5.73 Å². The van der Waals surface area contributed by atoms with Crippen LogP contribution in [0.4, 0.5) is 4.39 Å². The van der Waals surface area contributed by atoms with Crippen molar-refractivity contribution < 1.29 is 13.5 Å². The average Bonchev–Trinajstić information content (AvgIpc) is 2.84. The third kappa shape index (κ3) is 2.40. The second kappa shape index (κ2) is 5.99. The monoisotopic (exact) mass is 362 g/mol. The molecule has 0 saturated carbocycles. The normalized spacial score (nSPS) is 16.0. The summed E-state index contributed by atoms with van der Waals surface area (Å²) in [6, 6.07) is 11.1. The van der Waals surface area contributed by atoms with E-state index in [1.165, 1.54) is 12.1 Å².